The lowest BCUT2D eigenvalue weighted by Crippen LogP contribution is -2.26. The molecule has 0 fully saturated rings. The molecule has 0 saturated heterocycles. The number of rotatable bonds is 11. The highest BCUT2D eigenvalue weighted by Gasteiger charge is 2.00. The number of nitrogens with one attached hydrogen (secondary N) is 1. The Bertz CT molecular complexity index is 222. The Morgan fingerprint density at radius 3 is 2.53 bits per heavy atom. The van der Waals surface area contributed by atoms with Crippen LogP contribution in [-0.2, 0) is 9.59 Å². The number of unbranched alkanes of at least 4 members (excludes halogenated alkanes) is 3. The first-order valence-corrected chi connectivity index (χ1v) is 7.38. The average molecular weight is 261 g/mol. The molecule has 0 aromatic rings. The molecule has 17 heavy (non-hydrogen) atoms. The molecule has 0 aliphatic rings. The van der Waals surface area contributed by atoms with Crippen LogP contribution in [0.15, 0.2) is 0 Å². The lowest BCUT2D eigenvalue weighted by atomic mass is 10.1. The zero-order chi connectivity index (χ0) is 12.9. The molecular weight excluding hydrogens is 238 g/mol. The molecule has 0 aromatic carbocycles. The van der Waals surface area contributed by atoms with Crippen LogP contribution in [0.4, 0.5) is 0 Å². The van der Waals surface area contributed by atoms with E-state index >= 15 is 0 Å². The summed E-state index contributed by atoms with van der Waals surface area (Å²) in [6, 6.07) is 0. The van der Waals surface area contributed by atoms with Crippen LogP contribution in [0.25, 0.3) is 0 Å². The number of hydrogen-bond donors (Lipinski definition) is 2. The standard InChI is InChI=1S/C12H23NO3S/c1-2-9-17-10-11(14)13-8-6-4-3-5-7-12(15)16/h2-10H2,1H3,(H,13,14)(H,15,16). The highest BCUT2D eigenvalue weighted by molar-refractivity contribution is 7.99. The van der Waals surface area contributed by atoms with Gasteiger partial charge in [0.15, 0.2) is 0 Å². The third-order valence-corrected chi connectivity index (χ3v) is 3.38. The first kappa shape index (κ1) is 16.3. The van der Waals surface area contributed by atoms with E-state index < -0.39 is 5.97 Å². The van der Waals surface area contributed by atoms with E-state index in [1.54, 1.807) is 11.8 Å². The molecule has 2 N–H and O–H groups in total. The number of thioether (sulfide) groups is 1. The number of carboxylic acids is 1. The fourth-order valence-electron chi connectivity index (χ4n) is 1.34. The van der Waals surface area contributed by atoms with Crippen LogP contribution in [0.2, 0.25) is 0 Å². The number of hydrogen-bond acceptors (Lipinski definition) is 3. The van der Waals surface area contributed by atoms with Gasteiger partial charge in [-0.1, -0.05) is 19.8 Å². The van der Waals surface area contributed by atoms with E-state index in [2.05, 4.69) is 12.2 Å². The van der Waals surface area contributed by atoms with Crippen LogP contribution < -0.4 is 5.32 Å². The maximum Gasteiger partial charge on any atom is 0.303 e. The van der Waals surface area contributed by atoms with Gasteiger partial charge in [0.05, 0.1) is 5.75 Å². The largest absolute Gasteiger partial charge is 0.481 e. The minimum absolute atomic E-state index is 0.106. The fraction of sp³-hybridized carbons (Fsp3) is 0.833. The summed E-state index contributed by atoms with van der Waals surface area (Å²) in [5.74, 6) is 0.954. The van der Waals surface area contributed by atoms with Crippen LogP contribution >= 0.6 is 11.8 Å². The van der Waals surface area contributed by atoms with Crippen molar-refractivity contribution in [2.24, 2.45) is 0 Å². The predicted molar refractivity (Wildman–Crippen MR) is 71.3 cm³/mol. The summed E-state index contributed by atoms with van der Waals surface area (Å²) in [4.78, 5) is 21.5. The molecule has 0 radical (unpaired) electrons. The Morgan fingerprint density at radius 1 is 1.18 bits per heavy atom. The second kappa shape index (κ2) is 11.8. The van der Waals surface area contributed by atoms with Crippen molar-refractivity contribution < 1.29 is 14.7 Å². The van der Waals surface area contributed by atoms with Gasteiger partial charge in [0.1, 0.15) is 0 Å². The van der Waals surface area contributed by atoms with Gasteiger partial charge < -0.3 is 10.4 Å². The summed E-state index contributed by atoms with van der Waals surface area (Å²) in [7, 11) is 0. The second-order valence-electron chi connectivity index (χ2n) is 3.96. The summed E-state index contributed by atoms with van der Waals surface area (Å²) in [6.07, 6.45) is 4.92. The van der Waals surface area contributed by atoms with Crippen LogP contribution in [0.1, 0.15) is 45.4 Å². The third-order valence-electron chi connectivity index (χ3n) is 2.22. The van der Waals surface area contributed by atoms with Crippen LogP contribution in [0, 0.1) is 0 Å². The monoisotopic (exact) mass is 261 g/mol. The molecule has 1 amide bonds. The van der Waals surface area contributed by atoms with Crippen molar-refractivity contribution in [2.75, 3.05) is 18.1 Å². The molecule has 0 atom stereocenters. The van der Waals surface area contributed by atoms with E-state index in [4.69, 9.17) is 5.11 Å². The maximum absolute atomic E-state index is 11.3. The normalized spacial score (nSPS) is 10.2. The second-order valence-corrected chi connectivity index (χ2v) is 5.07. The molecule has 5 heteroatoms. The van der Waals surface area contributed by atoms with Gasteiger partial charge in [-0.05, 0) is 25.0 Å². The molecular formula is C12H23NO3S. The van der Waals surface area contributed by atoms with Gasteiger partial charge in [0.25, 0.3) is 0 Å². The van der Waals surface area contributed by atoms with Gasteiger partial charge >= 0.3 is 5.97 Å². The minimum atomic E-state index is -0.730. The Balaban J connectivity index is 3.16. The number of amides is 1. The summed E-state index contributed by atoms with van der Waals surface area (Å²) < 4.78 is 0. The van der Waals surface area contributed by atoms with E-state index in [-0.39, 0.29) is 12.3 Å². The quantitative estimate of drug-likeness (QED) is 0.560. The Labute approximate surface area is 108 Å². The summed E-state index contributed by atoms with van der Waals surface area (Å²) in [5.41, 5.74) is 0. The van der Waals surface area contributed by atoms with Crippen molar-refractivity contribution in [1.82, 2.24) is 5.32 Å². The van der Waals surface area contributed by atoms with Gasteiger partial charge in [0, 0.05) is 13.0 Å². The SMILES string of the molecule is CCCSCC(=O)NCCCCCCC(=O)O. The highest BCUT2D eigenvalue weighted by Crippen LogP contribution is 2.03. The van der Waals surface area contributed by atoms with Crippen molar-refractivity contribution in [3.8, 4) is 0 Å². The fourth-order valence-corrected chi connectivity index (χ4v) is 2.06. The Morgan fingerprint density at radius 2 is 1.88 bits per heavy atom. The minimum Gasteiger partial charge on any atom is -0.481 e. The number of carboxylic acid groups (broad SMARTS) is 1. The molecule has 0 aliphatic heterocycles. The van der Waals surface area contributed by atoms with Crippen LogP contribution in [-0.4, -0.2) is 35.0 Å². The summed E-state index contributed by atoms with van der Waals surface area (Å²) >= 11 is 1.66. The van der Waals surface area contributed by atoms with E-state index in [9.17, 15) is 9.59 Å². The molecule has 4 nitrogen and oxygen atoms in total. The van der Waals surface area contributed by atoms with Gasteiger partial charge in [-0.15, -0.1) is 0 Å². The smallest absolute Gasteiger partial charge is 0.303 e. The molecule has 0 bridgehead atoms. The molecule has 0 aliphatic carbocycles. The van der Waals surface area contributed by atoms with Crippen molar-refractivity contribution in [3.05, 3.63) is 0 Å². The zero-order valence-corrected chi connectivity index (χ0v) is 11.4. The summed E-state index contributed by atoms with van der Waals surface area (Å²) in [6.45, 7) is 2.81. The Hall–Kier alpha value is -0.710. The van der Waals surface area contributed by atoms with Gasteiger partial charge in [-0.3, -0.25) is 9.59 Å². The van der Waals surface area contributed by atoms with Crippen LogP contribution in [0.3, 0.4) is 0 Å². The lowest BCUT2D eigenvalue weighted by Gasteiger charge is -2.04. The van der Waals surface area contributed by atoms with Crippen molar-refractivity contribution >= 4 is 23.6 Å². The number of carbonyl (C=O) groups is 2. The third kappa shape index (κ3) is 13.2. The van der Waals surface area contributed by atoms with Gasteiger partial charge in [0.2, 0.25) is 5.91 Å². The van der Waals surface area contributed by atoms with Gasteiger partial charge in [-0.25, -0.2) is 0 Å². The molecule has 100 valence electrons. The van der Waals surface area contributed by atoms with E-state index in [1.807, 2.05) is 0 Å². The molecule has 0 rings (SSSR count). The van der Waals surface area contributed by atoms with E-state index in [1.165, 1.54) is 0 Å². The highest BCUT2D eigenvalue weighted by atomic mass is 32.2. The van der Waals surface area contributed by atoms with Crippen molar-refractivity contribution in [2.45, 2.75) is 45.4 Å². The molecule has 0 saturated carbocycles. The first-order chi connectivity index (χ1) is 8.16. The average Bonchev–Trinajstić information content (AvgIpc) is 2.28. The lowest BCUT2D eigenvalue weighted by molar-refractivity contribution is -0.137. The van der Waals surface area contributed by atoms with Gasteiger partial charge in [-0.2, -0.15) is 11.8 Å². The molecule has 0 aromatic heterocycles. The zero-order valence-electron chi connectivity index (χ0n) is 10.5. The molecule has 0 spiro atoms. The number of aliphatic carboxylic acids is 1. The maximum atomic E-state index is 11.3. The molecule has 0 unspecified atom stereocenters. The summed E-state index contributed by atoms with van der Waals surface area (Å²) in [5, 5.41) is 11.3. The number of carbonyl (C=O) groups excluding carboxylic acids is 1. The predicted octanol–water partition coefficient (Wildman–Crippen LogP) is 2.28. The topological polar surface area (TPSA) is 66.4 Å². The van der Waals surface area contributed by atoms with E-state index in [0.717, 1.165) is 37.9 Å². The van der Waals surface area contributed by atoms with Crippen LogP contribution in [0.5, 0.6) is 0 Å². The first-order valence-electron chi connectivity index (χ1n) is 6.23. The molecule has 0 heterocycles. The Kier molecular flexibility index (Phi) is 11.3. The van der Waals surface area contributed by atoms with Crippen molar-refractivity contribution in [3.63, 3.8) is 0 Å². The van der Waals surface area contributed by atoms with Crippen molar-refractivity contribution in [1.29, 1.82) is 0 Å². The van der Waals surface area contributed by atoms with E-state index in [0.29, 0.717) is 12.3 Å².